The van der Waals surface area contributed by atoms with Crippen LogP contribution in [0.25, 0.3) is 0 Å². The molecule has 1 saturated heterocycles. The monoisotopic (exact) mass is 324 g/mol. The average molecular weight is 324 g/mol. The smallest absolute Gasteiger partial charge is 0.176 e. The first-order valence-corrected chi connectivity index (χ1v) is 9.05. The van der Waals surface area contributed by atoms with E-state index in [1.54, 1.807) is 11.8 Å². The summed E-state index contributed by atoms with van der Waals surface area (Å²) in [4.78, 5) is 17.3. The minimum atomic E-state index is 0.223. The van der Waals surface area contributed by atoms with Crippen LogP contribution in [-0.4, -0.2) is 30.3 Å². The van der Waals surface area contributed by atoms with Gasteiger partial charge in [-0.2, -0.15) is 0 Å². The molecule has 4 heteroatoms. The number of carbonyl (C=O) groups excluding carboxylic acids is 1. The van der Waals surface area contributed by atoms with Crippen molar-refractivity contribution in [2.24, 2.45) is 0 Å². The normalized spacial score (nSPS) is 17.0. The molecule has 0 radical (unpaired) electrons. The summed E-state index contributed by atoms with van der Waals surface area (Å²) < 4.78 is 0. The van der Waals surface area contributed by atoms with Crippen LogP contribution in [0.5, 0.6) is 0 Å². The van der Waals surface area contributed by atoms with Gasteiger partial charge in [-0.3, -0.25) is 9.69 Å². The van der Waals surface area contributed by atoms with Crippen LogP contribution in [0, 0.1) is 0 Å². The second kappa shape index (κ2) is 6.38. The lowest BCUT2D eigenvalue weighted by Crippen LogP contribution is -2.34. The lowest BCUT2D eigenvalue weighted by Gasteiger charge is -2.26. The van der Waals surface area contributed by atoms with Crippen LogP contribution in [0.15, 0.2) is 52.3 Å². The Labute approximate surface area is 141 Å². The lowest BCUT2D eigenvalue weighted by atomic mass is 10.1. The number of Topliss-reactive ketones (excluding diaryl/α,β-unsaturated/α-hetero) is 1. The molecule has 0 aromatic heterocycles. The molecule has 118 valence electrons. The number of rotatable bonds is 3. The zero-order valence-electron chi connectivity index (χ0n) is 13.0. The quantitative estimate of drug-likeness (QED) is 0.716. The maximum atomic E-state index is 12.6. The Morgan fingerprint density at radius 1 is 1.00 bits per heavy atom. The summed E-state index contributed by atoms with van der Waals surface area (Å²) in [6.07, 6.45) is 3.73. The molecule has 3 nitrogen and oxygen atoms in total. The van der Waals surface area contributed by atoms with Gasteiger partial charge in [0, 0.05) is 15.4 Å². The summed E-state index contributed by atoms with van der Waals surface area (Å²) in [7, 11) is 0. The van der Waals surface area contributed by atoms with Gasteiger partial charge >= 0.3 is 0 Å². The van der Waals surface area contributed by atoms with Crippen LogP contribution >= 0.6 is 11.8 Å². The van der Waals surface area contributed by atoms with E-state index in [1.807, 2.05) is 18.2 Å². The highest BCUT2D eigenvalue weighted by Gasteiger charge is 2.19. The number of piperidine rings is 1. The fraction of sp³-hybridized carbons (Fsp3) is 0.316. The molecule has 23 heavy (non-hydrogen) atoms. The van der Waals surface area contributed by atoms with Gasteiger partial charge in [-0.1, -0.05) is 36.4 Å². The first-order chi connectivity index (χ1) is 11.3. The summed E-state index contributed by atoms with van der Waals surface area (Å²) in [5.74, 6) is 0.223. The highest BCUT2D eigenvalue weighted by molar-refractivity contribution is 7.99. The van der Waals surface area contributed by atoms with Gasteiger partial charge in [-0.05, 0) is 50.2 Å². The van der Waals surface area contributed by atoms with Gasteiger partial charge < -0.3 is 5.32 Å². The molecule has 1 fully saturated rings. The van der Waals surface area contributed by atoms with Gasteiger partial charge in [0.15, 0.2) is 5.78 Å². The molecule has 4 rings (SSSR count). The van der Waals surface area contributed by atoms with Crippen LogP contribution < -0.4 is 5.32 Å². The Morgan fingerprint density at radius 3 is 2.65 bits per heavy atom. The number of anilines is 2. The summed E-state index contributed by atoms with van der Waals surface area (Å²) in [6.45, 7) is 2.65. The minimum Gasteiger partial charge on any atom is -0.354 e. The number of para-hydroxylation sites is 1. The second-order valence-electron chi connectivity index (χ2n) is 6.19. The Balaban J connectivity index is 1.52. The molecule has 0 bridgehead atoms. The second-order valence-corrected chi connectivity index (χ2v) is 7.28. The third kappa shape index (κ3) is 3.14. The van der Waals surface area contributed by atoms with E-state index in [0.29, 0.717) is 6.54 Å². The van der Waals surface area contributed by atoms with Crippen molar-refractivity contribution in [2.75, 3.05) is 25.0 Å². The lowest BCUT2D eigenvalue weighted by molar-refractivity contribution is 0.0915. The zero-order valence-corrected chi connectivity index (χ0v) is 13.9. The largest absolute Gasteiger partial charge is 0.354 e. The summed E-state index contributed by atoms with van der Waals surface area (Å²) in [6, 6.07) is 14.3. The van der Waals surface area contributed by atoms with E-state index < -0.39 is 0 Å². The molecule has 2 aliphatic rings. The van der Waals surface area contributed by atoms with E-state index >= 15 is 0 Å². The first-order valence-electron chi connectivity index (χ1n) is 8.23. The van der Waals surface area contributed by atoms with Crippen molar-refractivity contribution < 1.29 is 4.79 Å². The van der Waals surface area contributed by atoms with Gasteiger partial charge in [-0.25, -0.2) is 0 Å². The number of fused-ring (bicyclic) bond motifs is 2. The van der Waals surface area contributed by atoms with Crippen LogP contribution in [0.4, 0.5) is 11.4 Å². The minimum absolute atomic E-state index is 0.223. The van der Waals surface area contributed by atoms with Crippen LogP contribution in [0.3, 0.4) is 0 Å². The number of nitrogens with zero attached hydrogens (tertiary/aromatic N) is 1. The zero-order chi connectivity index (χ0) is 15.6. The SMILES string of the molecule is O=C(CN1CCCCC1)c1ccc2c(c1)Nc1ccccc1S2. The molecule has 1 N–H and O–H groups in total. The predicted molar refractivity (Wildman–Crippen MR) is 94.9 cm³/mol. The van der Waals surface area contributed by atoms with Gasteiger partial charge in [0.25, 0.3) is 0 Å². The number of hydrogen-bond donors (Lipinski definition) is 1. The maximum Gasteiger partial charge on any atom is 0.176 e. The highest BCUT2D eigenvalue weighted by Crippen LogP contribution is 2.44. The van der Waals surface area contributed by atoms with Crippen molar-refractivity contribution >= 4 is 28.9 Å². The van der Waals surface area contributed by atoms with Crippen LogP contribution in [0.2, 0.25) is 0 Å². The Kier molecular flexibility index (Phi) is 4.10. The molecule has 2 aromatic carbocycles. The third-order valence-corrected chi connectivity index (χ3v) is 5.65. The van der Waals surface area contributed by atoms with E-state index in [4.69, 9.17) is 0 Å². The number of benzene rings is 2. The van der Waals surface area contributed by atoms with Crippen LogP contribution in [0.1, 0.15) is 29.6 Å². The number of likely N-dealkylation sites (tertiary alicyclic amines) is 1. The van der Waals surface area contributed by atoms with E-state index in [9.17, 15) is 4.79 Å². The maximum absolute atomic E-state index is 12.6. The van der Waals surface area contributed by atoms with E-state index in [-0.39, 0.29) is 5.78 Å². The highest BCUT2D eigenvalue weighted by atomic mass is 32.2. The fourth-order valence-corrected chi connectivity index (χ4v) is 4.19. The van der Waals surface area contributed by atoms with Crippen molar-refractivity contribution in [1.29, 1.82) is 0 Å². The fourth-order valence-electron chi connectivity index (χ4n) is 3.22. The standard InChI is InChI=1S/C19H20N2OS/c22-17(13-21-10-4-1-5-11-21)14-8-9-19-16(12-14)20-15-6-2-3-7-18(15)23-19/h2-3,6-9,12,20H,1,4-5,10-11,13H2. The van der Waals surface area contributed by atoms with Crippen molar-refractivity contribution in [3.63, 3.8) is 0 Å². The first kappa shape index (κ1) is 14.8. The van der Waals surface area contributed by atoms with E-state index in [1.165, 1.54) is 29.1 Å². The number of nitrogens with one attached hydrogen (secondary N) is 1. The molecule has 2 heterocycles. The van der Waals surface area contributed by atoms with E-state index in [0.717, 1.165) is 30.0 Å². The number of carbonyl (C=O) groups is 1. The number of hydrogen-bond acceptors (Lipinski definition) is 4. The van der Waals surface area contributed by atoms with Gasteiger partial charge in [0.05, 0.1) is 17.9 Å². The molecule has 2 aliphatic heterocycles. The molecule has 2 aromatic rings. The topological polar surface area (TPSA) is 32.3 Å². The van der Waals surface area contributed by atoms with Crippen LogP contribution in [-0.2, 0) is 0 Å². The Morgan fingerprint density at radius 2 is 1.78 bits per heavy atom. The van der Waals surface area contributed by atoms with Gasteiger partial charge in [-0.15, -0.1) is 0 Å². The Hall–Kier alpha value is -1.78. The summed E-state index contributed by atoms with van der Waals surface area (Å²) >= 11 is 1.75. The van der Waals surface area contributed by atoms with E-state index in [2.05, 4.69) is 34.5 Å². The van der Waals surface area contributed by atoms with Gasteiger partial charge in [0.1, 0.15) is 0 Å². The molecule has 0 unspecified atom stereocenters. The molecule has 0 aliphatic carbocycles. The summed E-state index contributed by atoms with van der Waals surface area (Å²) in [5.41, 5.74) is 2.96. The molecular weight excluding hydrogens is 304 g/mol. The third-order valence-electron chi connectivity index (χ3n) is 4.49. The molecule has 0 spiro atoms. The average Bonchev–Trinajstić information content (AvgIpc) is 2.60. The molecule has 0 amide bonds. The van der Waals surface area contributed by atoms with Gasteiger partial charge in [0.2, 0.25) is 0 Å². The van der Waals surface area contributed by atoms with Crippen molar-refractivity contribution in [3.8, 4) is 0 Å². The van der Waals surface area contributed by atoms with Crippen molar-refractivity contribution in [1.82, 2.24) is 4.90 Å². The summed E-state index contributed by atoms with van der Waals surface area (Å²) in [5, 5.41) is 3.45. The predicted octanol–water partition coefficient (Wildman–Crippen LogP) is 4.56. The Bertz CT molecular complexity index is 738. The molecular formula is C19H20N2OS. The number of ketones is 1. The molecule has 0 atom stereocenters. The molecule has 0 saturated carbocycles. The van der Waals surface area contributed by atoms with Crippen molar-refractivity contribution in [3.05, 3.63) is 48.0 Å². The van der Waals surface area contributed by atoms with Crippen molar-refractivity contribution in [2.45, 2.75) is 29.1 Å².